The van der Waals surface area contributed by atoms with E-state index in [-0.39, 0.29) is 11.8 Å². The third-order valence-corrected chi connectivity index (χ3v) is 4.87. The maximum atomic E-state index is 12.9. The van der Waals surface area contributed by atoms with Crippen LogP contribution in [0.5, 0.6) is 0 Å². The SMILES string of the molecule is CC(=O)Nc1cc(C(=O)NC(=NCCN2CCOCC2)Nc2ccccc2)ccc1C. The lowest BCUT2D eigenvalue weighted by Gasteiger charge is -2.25. The summed E-state index contributed by atoms with van der Waals surface area (Å²) in [6.45, 7) is 7.89. The summed E-state index contributed by atoms with van der Waals surface area (Å²) < 4.78 is 5.38. The highest BCUT2D eigenvalue weighted by molar-refractivity contribution is 6.10. The normalized spacial score (nSPS) is 14.7. The van der Waals surface area contributed by atoms with Crippen molar-refractivity contribution < 1.29 is 14.3 Å². The maximum Gasteiger partial charge on any atom is 0.258 e. The molecular formula is C23H29N5O3. The number of aryl methyl sites for hydroxylation is 1. The number of ether oxygens (including phenoxy) is 1. The molecule has 8 nitrogen and oxygen atoms in total. The Balaban J connectivity index is 1.71. The van der Waals surface area contributed by atoms with Gasteiger partial charge in [0.1, 0.15) is 0 Å². The summed E-state index contributed by atoms with van der Waals surface area (Å²) in [5, 5.41) is 8.80. The molecule has 2 amide bonds. The van der Waals surface area contributed by atoms with Crippen LogP contribution in [0.1, 0.15) is 22.8 Å². The minimum atomic E-state index is -0.305. The highest BCUT2D eigenvalue weighted by Gasteiger charge is 2.13. The highest BCUT2D eigenvalue weighted by Crippen LogP contribution is 2.17. The molecule has 0 aromatic heterocycles. The van der Waals surface area contributed by atoms with Crippen molar-refractivity contribution in [2.75, 3.05) is 50.0 Å². The van der Waals surface area contributed by atoms with Crippen molar-refractivity contribution in [1.82, 2.24) is 10.2 Å². The summed E-state index contributed by atoms with van der Waals surface area (Å²) in [5.74, 6) is -0.108. The second-order valence-electron chi connectivity index (χ2n) is 7.34. The standard InChI is InChI=1S/C23H29N5O3/c1-17-8-9-19(16-21(17)25-18(2)29)22(30)27-23(26-20-6-4-3-5-7-20)24-10-11-28-12-14-31-15-13-28/h3-9,16H,10-15H2,1-2H3,(H,25,29)(H2,24,26,27,30). The molecule has 3 rings (SSSR count). The lowest BCUT2D eigenvalue weighted by atomic mass is 10.1. The summed E-state index contributed by atoms with van der Waals surface area (Å²) in [6.07, 6.45) is 0. The molecular weight excluding hydrogens is 394 g/mol. The molecule has 0 atom stereocenters. The van der Waals surface area contributed by atoms with Crippen molar-refractivity contribution in [3.63, 3.8) is 0 Å². The molecule has 2 aromatic rings. The van der Waals surface area contributed by atoms with Gasteiger partial charge in [0.05, 0.1) is 19.8 Å². The number of carbonyl (C=O) groups is 2. The minimum absolute atomic E-state index is 0.184. The zero-order valence-electron chi connectivity index (χ0n) is 18.0. The van der Waals surface area contributed by atoms with Crippen LogP contribution in [0.25, 0.3) is 0 Å². The van der Waals surface area contributed by atoms with E-state index >= 15 is 0 Å². The Morgan fingerprint density at radius 1 is 1.06 bits per heavy atom. The number of nitrogens with one attached hydrogen (secondary N) is 3. The topological polar surface area (TPSA) is 95.1 Å². The van der Waals surface area contributed by atoms with E-state index in [4.69, 9.17) is 4.74 Å². The van der Waals surface area contributed by atoms with Crippen molar-refractivity contribution in [2.24, 2.45) is 4.99 Å². The lowest BCUT2D eigenvalue weighted by Crippen LogP contribution is -2.39. The number of hydrogen-bond acceptors (Lipinski definition) is 5. The van der Waals surface area contributed by atoms with Crippen molar-refractivity contribution >= 4 is 29.1 Å². The number of benzene rings is 2. The zero-order valence-corrected chi connectivity index (χ0v) is 18.0. The van der Waals surface area contributed by atoms with E-state index in [9.17, 15) is 9.59 Å². The van der Waals surface area contributed by atoms with Crippen molar-refractivity contribution in [2.45, 2.75) is 13.8 Å². The van der Waals surface area contributed by atoms with Crippen LogP contribution in [0.3, 0.4) is 0 Å². The number of aliphatic imine (C=N–C) groups is 1. The first-order chi connectivity index (χ1) is 15.0. The number of carbonyl (C=O) groups excluding carboxylic acids is 2. The summed E-state index contributed by atoms with van der Waals surface area (Å²) in [4.78, 5) is 31.2. The van der Waals surface area contributed by atoms with E-state index in [1.54, 1.807) is 18.2 Å². The van der Waals surface area contributed by atoms with E-state index < -0.39 is 0 Å². The van der Waals surface area contributed by atoms with Gasteiger partial charge in [-0.15, -0.1) is 0 Å². The van der Waals surface area contributed by atoms with Crippen LogP contribution in [0.2, 0.25) is 0 Å². The minimum Gasteiger partial charge on any atom is -0.379 e. The van der Waals surface area contributed by atoms with Crippen LogP contribution in [-0.4, -0.2) is 62.1 Å². The van der Waals surface area contributed by atoms with E-state index in [0.717, 1.165) is 44.1 Å². The summed E-state index contributed by atoms with van der Waals surface area (Å²) in [5.41, 5.74) is 2.76. The predicted molar refractivity (Wildman–Crippen MR) is 123 cm³/mol. The fraction of sp³-hybridized carbons (Fsp3) is 0.348. The second-order valence-corrected chi connectivity index (χ2v) is 7.34. The van der Waals surface area contributed by atoms with Crippen LogP contribution in [0.4, 0.5) is 11.4 Å². The van der Waals surface area contributed by atoms with Gasteiger partial charge in [0.15, 0.2) is 0 Å². The van der Waals surface area contributed by atoms with Gasteiger partial charge in [-0.3, -0.25) is 24.8 Å². The van der Waals surface area contributed by atoms with Crippen molar-refractivity contribution in [1.29, 1.82) is 0 Å². The molecule has 164 valence electrons. The third-order valence-electron chi connectivity index (χ3n) is 4.87. The van der Waals surface area contributed by atoms with E-state index in [0.29, 0.717) is 23.8 Å². The molecule has 1 saturated heterocycles. The summed E-state index contributed by atoms with van der Waals surface area (Å²) in [7, 11) is 0. The molecule has 31 heavy (non-hydrogen) atoms. The van der Waals surface area contributed by atoms with Gasteiger partial charge in [0, 0.05) is 43.5 Å². The molecule has 0 saturated carbocycles. The van der Waals surface area contributed by atoms with E-state index in [1.165, 1.54) is 6.92 Å². The number of rotatable bonds is 6. The van der Waals surface area contributed by atoms with Crippen LogP contribution in [-0.2, 0) is 9.53 Å². The number of amides is 2. The molecule has 0 radical (unpaired) electrons. The van der Waals surface area contributed by atoms with Gasteiger partial charge in [0.2, 0.25) is 11.9 Å². The van der Waals surface area contributed by atoms with E-state index in [2.05, 4.69) is 25.8 Å². The molecule has 1 heterocycles. The Bertz CT molecular complexity index is 924. The maximum absolute atomic E-state index is 12.9. The number of morpholine rings is 1. The predicted octanol–water partition coefficient (Wildman–Crippen LogP) is 2.48. The number of nitrogens with zero attached hydrogens (tertiary/aromatic N) is 2. The molecule has 0 unspecified atom stereocenters. The number of para-hydroxylation sites is 1. The number of guanidine groups is 1. The molecule has 8 heteroatoms. The first kappa shape index (κ1) is 22.5. The molecule has 1 fully saturated rings. The average Bonchev–Trinajstić information content (AvgIpc) is 2.76. The van der Waals surface area contributed by atoms with Gasteiger partial charge in [0.25, 0.3) is 5.91 Å². The first-order valence-electron chi connectivity index (χ1n) is 10.4. The first-order valence-corrected chi connectivity index (χ1v) is 10.4. The largest absolute Gasteiger partial charge is 0.379 e. The second kappa shape index (κ2) is 11.2. The molecule has 0 bridgehead atoms. The van der Waals surface area contributed by atoms with Crippen LogP contribution in [0.15, 0.2) is 53.5 Å². The van der Waals surface area contributed by atoms with Gasteiger partial charge in [-0.25, -0.2) is 0 Å². The van der Waals surface area contributed by atoms with Gasteiger partial charge < -0.3 is 15.4 Å². The van der Waals surface area contributed by atoms with Crippen LogP contribution >= 0.6 is 0 Å². The quantitative estimate of drug-likeness (QED) is 0.490. The van der Waals surface area contributed by atoms with Crippen molar-refractivity contribution in [3.8, 4) is 0 Å². The zero-order chi connectivity index (χ0) is 22.1. The fourth-order valence-corrected chi connectivity index (χ4v) is 3.16. The molecule has 0 spiro atoms. The Morgan fingerprint density at radius 2 is 1.81 bits per heavy atom. The van der Waals surface area contributed by atoms with Crippen LogP contribution in [0, 0.1) is 6.92 Å². The number of anilines is 2. The van der Waals surface area contributed by atoms with Gasteiger partial charge in [-0.1, -0.05) is 24.3 Å². The van der Waals surface area contributed by atoms with Gasteiger partial charge >= 0.3 is 0 Å². The molecule has 1 aliphatic rings. The Kier molecular flexibility index (Phi) is 8.14. The van der Waals surface area contributed by atoms with E-state index in [1.807, 2.05) is 37.3 Å². The van der Waals surface area contributed by atoms with Gasteiger partial charge in [-0.2, -0.15) is 0 Å². The Morgan fingerprint density at radius 3 is 2.52 bits per heavy atom. The van der Waals surface area contributed by atoms with Crippen LogP contribution < -0.4 is 16.0 Å². The molecule has 0 aliphatic carbocycles. The van der Waals surface area contributed by atoms with Crippen molar-refractivity contribution in [3.05, 3.63) is 59.7 Å². The molecule has 2 aromatic carbocycles. The Hall–Kier alpha value is -3.23. The monoisotopic (exact) mass is 423 g/mol. The molecule has 1 aliphatic heterocycles. The Labute approximate surface area is 182 Å². The molecule has 3 N–H and O–H groups in total. The summed E-state index contributed by atoms with van der Waals surface area (Å²) in [6, 6.07) is 14.8. The van der Waals surface area contributed by atoms with Gasteiger partial charge in [-0.05, 0) is 36.8 Å². The lowest BCUT2D eigenvalue weighted by molar-refractivity contribution is -0.114. The highest BCUT2D eigenvalue weighted by atomic mass is 16.5. The smallest absolute Gasteiger partial charge is 0.258 e. The third kappa shape index (κ3) is 7.20. The fourth-order valence-electron chi connectivity index (χ4n) is 3.16. The average molecular weight is 424 g/mol. The number of hydrogen-bond donors (Lipinski definition) is 3. The summed E-state index contributed by atoms with van der Waals surface area (Å²) >= 11 is 0.